The number of thioether (sulfide) groups is 1. The average Bonchev–Trinajstić information content (AvgIpc) is 2.88. The monoisotopic (exact) mass is 388 g/mol. The molecule has 0 bridgehead atoms. The van der Waals surface area contributed by atoms with Crippen molar-refractivity contribution >= 4 is 52.4 Å². The van der Waals surface area contributed by atoms with Gasteiger partial charge < -0.3 is 10.4 Å². The molecule has 1 aliphatic heterocycles. The zero-order valence-corrected chi connectivity index (χ0v) is 14.9. The molecule has 132 valence electrons. The van der Waals surface area contributed by atoms with Gasteiger partial charge in [-0.15, -0.1) is 11.8 Å². The van der Waals surface area contributed by atoms with Crippen LogP contribution in [0.4, 0.5) is 5.69 Å². The number of halogens is 1. The van der Waals surface area contributed by atoms with Gasteiger partial charge in [-0.1, -0.05) is 23.7 Å². The van der Waals surface area contributed by atoms with Gasteiger partial charge in [-0.3, -0.25) is 19.7 Å². The quantitative estimate of drug-likeness (QED) is 0.520. The summed E-state index contributed by atoms with van der Waals surface area (Å²) in [6, 6.07) is 13.5. The van der Waals surface area contributed by atoms with Gasteiger partial charge in [0.1, 0.15) is 5.70 Å². The second-order valence-corrected chi connectivity index (χ2v) is 6.86. The number of hydrogen-bond acceptors (Lipinski definition) is 5. The van der Waals surface area contributed by atoms with Gasteiger partial charge in [-0.2, -0.15) is 0 Å². The topological polar surface area (TPSA) is 95.5 Å². The van der Waals surface area contributed by atoms with Crippen LogP contribution in [0.15, 0.2) is 59.1 Å². The molecule has 8 heteroatoms. The minimum atomic E-state index is -0.892. The van der Waals surface area contributed by atoms with Crippen molar-refractivity contribution in [2.24, 2.45) is 0 Å². The van der Waals surface area contributed by atoms with Crippen molar-refractivity contribution in [3.63, 3.8) is 0 Å². The SMILES string of the molecule is O=C(O)CSc1ccc(NC2=C(c3ccc(Cl)cc3)C(=O)NC2=O)cc1. The molecule has 3 rings (SSSR count). The van der Waals surface area contributed by atoms with Crippen LogP contribution in [-0.4, -0.2) is 28.6 Å². The fourth-order valence-electron chi connectivity index (χ4n) is 2.39. The van der Waals surface area contributed by atoms with E-state index < -0.39 is 17.8 Å². The molecule has 0 spiro atoms. The van der Waals surface area contributed by atoms with E-state index in [2.05, 4.69) is 10.6 Å². The van der Waals surface area contributed by atoms with Crippen LogP contribution >= 0.6 is 23.4 Å². The maximum Gasteiger partial charge on any atom is 0.313 e. The Morgan fingerprint density at radius 2 is 1.69 bits per heavy atom. The molecule has 0 aromatic heterocycles. The van der Waals surface area contributed by atoms with E-state index >= 15 is 0 Å². The Morgan fingerprint density at radius 1 is 1.04 bits per heavy atom. The Kier molecular flexibility index (Phi) is 5.29. The third-order valence-corrected chi connectivity index (χ3v) is 4.80. The molecule has 1 aliphatic rings. The van der Waals surface area contributed by atoms with Gasteiger partial charge in [0.2, 0.25) is 0 Å². The molecule has 1 heterocycles. The maximum atomic E-state index is 12.2. The molecule has 0 radical (unpaired) electrons. The fraction of sp³-hybridized carbons (Fsp3) is 0.0556. The first-order chi connectivity index (χ1) is 12.4. The third-order valence-electron chi connectivity index (χ3n) is 3.55. The van der Waals surface area contributed by atoms with E-state index in [9.17, 15) is 14.4 Å². The summed E-state index contributed by atoms with van der Waals surface area (Å²) in [6.07, 6.45) is 0. The summed E-state index contributed by atoms with van der Waals surface area (Å²) in [5.74, 6) is -1.91. The van der Waals surface area contributed by atoms with E-state index in [1.807, 2.05) is 0 Å². The Bertz CT molecular complexity index is 908. The molecule has 26 heavy (non-hydrogen) atoms. The largest absolute Gasteiger partial charge is 0.481 e. The van der Waals surface area contributed by atoms with Crippen molar-refractivity contribution in [2.75, 3.05) is 11.1 Å². The van der Waals surface area contributed by atoms with Crippen LogP contribution in [0.5, 0.6) is 0 Å². The summed E-state index contributed by atoms with van der Waals surface area (Å²) in [5, 5.41) is 14.5. The number of carboxylic acid groups (broad SMARTS) is 1. The Morgan fingerprint density at radius 3 is 2.31 bits per heavy atom. The van der Waals surface area contributed by atoms with E-state index in [4.69, 9.17) is 16.7 Å². The van der Waals surface area contributed by atoms with E-state index in [1.165, 1.54) is 11.8 Å². The van der Waals surface area contributed by atoms with Crippen molar-refractivity contribution in [3.8, 4) is 0 Å². The molecule has 0 unspecified atom stereocenters. The molecule has 0 saturated carbocycles. The van der Waals surface area contributed by atoms with Crippen molar-refractivity contribution in [1.82, 2.24) is 5.32 Å². The molecule has 0 saturated heterocycles. The number of carboxylic acids is 1. The van der Waals surface area contributed by atoms with Crippen molar-refractivity contribution < 1.29 is 19.5 Å². The Balaban J connectivity index is 1.85. The number of amides is 2. The van der Waals surface area contributed by atoms with E-state index in [1.54, 1.807) is 48.5 Å². The fourth-order valence-corrected chi connectivity index (χ4v) is 3.13. The lowest BCUT2D eigenvalue weighted by Crippen LogP contribution is -2.24. The molecular formula is C18H13ClN2O4S. The van der Waals surface area contributed by atoms with Crippen LogP contribution in [0.25, 0.3) is 5.57 Å². The van der Waals surface area contributed by atoms with Gasteiger partial charge in [0, 0.05) is 15.6 Å². The molecule has 2 amide bonds. The van der Waals surface area contributed by atoms with Crippen LogP contribution in [0.1, 0.15) is 5.56 Å². The van der Waals surface area contributed by atoms with Gasteiger partial charge in [-0.25, -0.2) is 0 Å². The molecule has 0 atom stereocenters. The smallest absolute Gasteiger partial charge is 0.313 e. The number of nitrogens with one attached hydrogen (secondary N) is 2. The lowest BCUT2D eigenvalue weighted by Gasteiger charge is -2.09. The van der Waals surface area contributed by atoms with Gasteiger partial charge >= 0.3 is 5.97 Å². The first kappa shape index (κ1) is 18.0. The Labute approximate surface area is 158 Å². The number of imide groups is 1. The highest BCUT2D eigenvalue weighted by molar-refractivity contribution is 8.00. The van der Waals surface area contributed by atoms with E-state index in [0.29, 0.717) is 16.3 Å². The molecular weight excluding hydrogens is 376 g/mol. The molecule has 2 aromatic rings. The number of hydrogen-bond donors (Lipinski definition) is 3. The minimum absolute atomic E-state index is 0.0322. The number of anilines is 1. The lowest BCUT2D eigenvalue weighted by atomic mass is 10.0. The molecule has 0 aliphatic carbocycles. The highest BCUT2D eigenvalue weighted by atomic mass is 35.5. The number of carbonyl (C=O) groups excluding carboxylic acids is 2. The molecule has 0 fully saturated rings. The summed E-state index contributed by atoms with van der Waals surface area (Å²) < 4.78 is 0. The third kappa shape index (κ3) is 4.07. The van der Waals surface area contributed by atoms with Gasteiger partial charge in [0.15, 0.2) is 0 Å². The van der Waals surface area contributed by atoms with Gasteiger partial charge in [-0.05, 0) is 42.0 Å². The lowest BCUT2D eigenvalue weighted by molar-refractivity contribution is -0.134. The number of benzene rings is 2. The maximum absolute atomic E-state index is 12.2. The minimum Gasteiger partial charge on any atom is -0.481 e. The predicted octanol–water partition coefficient (Wildman–Crippen LogP) is 3.00. The van der Waals surface area contributed by atoms with Gasteiger partial charge in [0.05, 0.1) is 11.3 Å². The summed E-state index contributed by atoms with van der Waals surface area (Å²) >= 11 is 7.07. The van der Waals surface area contributed by atoms with Crippen LogP contribution < -0.4 is 10.6 Å². The summed E-state index contributed by atoms with van der Waals surface area (Å²) in [5.41, 5.74) is 1.59. The first-order valence-corrected chi connectivity index (χ1v) is 8.88. The molecule has 3 N–H and O–H groups in total. The van der Waals surface area contributed by atoms with Crippen LogP contribution in [0, 0.1) is 0 Å². The van der Waals surface area contributed by atoms with Crippen molar-refractivity contribution in [1.29, 1.82) is 0 Å². The normalized spacial score (nSPS) is 13.7. The number of carbonyl (C=O) groups is 3. The summed E-state index contributed by atoms with van der Waals surface area (Å²) in [7, 11) is 0. The van der Waals surface area contributed by atoms with E-state index in [0.717, 1.165) is 4.90 Å². The molecule has 6 nitrogen and oxygen atoms in total. The highest BCUT2D eigenvalue weighted by Gasteiger charge is 2.31. The summed E-state index contributed by atoms with van der Waals surface area (Å²) in [6.45, 7) is 0. The van der Waals surface area contributed by atoms with E-state index in [-0.39, 0.29) is 17.0 Å². The van der Waals surface area contributed by atoms with Crippen molar-refractivity contribution in [2.45, 2.75) is 4.90 Å². The number of rotatable bonds is 6. The zero-order chi connectivity index (χ0) is 18.7. The standard InChI is InChI=1S/C18H13ClN2O4S/c19-11-3-1-10(2-4-11)15-16(18(25)21-17(15)24)20-12-5-7-13(8-6-12)26-9-14(22)23/h1-8H,9H2,(H,22,23)(H2,20,21,24,25). The van der Waals surface area contributed by atoms with Crippen LogP contribution in [0.2, 0.25) is 5.02 Å². The Hall–Kier alpha value is -2.77. The average molecular weight is 389 g/mol. The molecule has 2 aromatic carbocycles. The van der Waals surface area contributed by atoms with Gasteiger partial charge in [0.25, 0.3) is 11.8 Å². The summed E-state index contributed by atoms with van der Waals surface area (Å²) in [4.78, 5) is 35.7. The van der Waals surface area contributed by atoms with Crippen LogP contribution in [-0.2, 0) is 14.4 Å². The van der Waals surface area contributed by atoms with Crippen LogP contribution in [0.3, 0.4) is 0 Å². The zero-order valence-electron chi connectivity index (χ0n) is 13.3. The second-order valence-electron chi connectivity index (χ2n) is 5.37. The second kappa shape index (κ2) is 7.63. The number of aliphatic carboxylic acids is 1. The predicted molar refractivity (Wildman–Crippen MR) is 99.9 cm³/mol. The first-order valence-electron chi connectivity index (χ1n) is 7.51. The highest BCUT2D eigenvalue weighted by Crippen LogP contribution is 2.27. The van der Waals surface area contributed by atoms with Crippen molar-refractivity contribution in [3.05, 3.63) is 64.8 Å².